The van der Waals surface area contributed by atoms with E-state index in [9.17, 15) is 18.4 Å². The molecule has 0 saturated heterocycles. The van der Waals surface area contributed by atoms with Crippen LogP contribution in [0, 0.1) is 0 Å². The van der Waals surface area contributed by atoms with Crippen molar-refractivity contribution in [2.24, 2.45) is 0 Å². The number of halogens is 2. The number of amides is 1. The molecule has 0 spiro atoms. The zero-order chi connectivity index (χ0) is 13.1. The van der Waals surface area contributed by atoms with Crippen molar-refractivity contribution in [3.63, 3.8) is 0 Å². The van der Waals surface area contributed by atoms with Gasteiger partial charge < -0.3 is 9.64 Å². The molecule has 1 unspecified atom stereocenters. The number of carbonyl (C=O) groups excluding carboxylic acids is 2. The number of ether oxygens (including phenoxy) is 1. The molecule has 0 radical (unpaired) electrons. The van der Waals surface area contributed by atoms with Crippen LogP contribution in [0.3, 0.4) is 0 Å². The summed E-state index contributed by atoms with van der Waals surface area (Å²) in [4.78, 5) is 23.2. The number of hydrogen-bond donors (Lipinski definition) is 0. The largest absolute Gasteiger partial charge is 0.444 e. The lowest BCUT2D eigenvalue weighted by Gasteiger charge is -2.27. The van der Waals surface area contributed by atoms with Gasteiger partial charge in [-0.15, -0.1) is 0 Å². The van der Waals surface area contributed by atoms with Crippen LogP contribution in [0.25, 0.3) is 0 Å². The quantitative estimate of drug-likeness (QED) is 0.755. The first-order valence-corrected chi connectivity index (χ1v) is 4.84. The molecule has 1 amide bonds. The number of carbonyl (C=O) groups is 2. The van der Waals surface area contributed by atoms with Crippen LogP contribution >= 0.6 is 0 Å². The zero-order valence-electron chi connectivity index (χ0n) is 10.1. The summed E-state index contributed by atoms with van der Waals surface area (Å²) in [6, 6.07) is -1.20. The molecule has 0 aliphatic heterocycles. The Morgan fingerprint density at radius 2 is 1.69 bits per heavy atom. The predicted octanol–water partition coefficient (Wildman–Crippen LogP) is 2.08. The van der Waals surface area contributed by atoms with Gasteiger partial charge in [0.2, 0.25) is 5.78 Å². The van der Waals surface area contributed by atoms with Gasteiger partial charge in [-0.3, -0.25) is 4.79 Å². The highest BCUT2D eigenvalue weighted by atomic mass is 19.3. The molecule has 94 valence electrons. The first kappa shape index (κ1) is 14.8. The molecule has 0 aromatic heterocycles. The predicted molar refractivity (Wildman–Crippen MR) is 54.5 cm³/mol. The smallest absolute Gasteiger partial charge is 0.410 e. The third-order valence-corrected chi connectivity index (χ3v) is 1.89. The normalized spacial score (nSPS) is 13.5. The summed E-state index contributed by atoms with van der Waals surface area (Å²) in [6.07, 6.45) is -3.88. The van der Waals surface area contributed by atoms with Gasteiger partial charge in [0.1, 0.15) is 5.60 Å². The summed E-state index contributed by atoms with van der Waals surface area (Å²) in [5.74, 6) is -1.30. The van der Waals surface area contributed by atoms with E-state index in [1.54, 1.807) is 20.8 Å². The number of Topliss-reactive ketones (excluding diaryl/α,β-unsaturated/α-hetero) is 1. The van der Waals surface area contributed by atoms with E-state index in [1.807, 2.05) is 0 Å². The van der Waals surface area contributed by atoms with E-state index in [4.69, 9.17) is 4.74 Å². The number of nitrogens with zero attached hydrogens (tertiary/aromatic N) is 1. The highest BCUT2D eigenvalue weighted by Gasteiger charge is 2.30. The van der Waals surface area contributed by atoms with Crippen LogP contribution in [-0.4, -0.2) is 41.9 Å². The van der Waals surface area contributed by atoms with E-state index >= 15 is 0 Å². The van der Waals surface area contributed by atoms with Gasteiger partial charge in [0.25, 0.3) is 6.43 Å². The molecule has 0 aliphatic rings. The summed E-state index contributed by atoms with van der Waals surface area (Å²) in [5, 5.41) is 0. The van der Waals surface area contributed by atoms with E-state index < -0.39 is 29.9 Å². The Morgan fingerprint density at radius 3 is 2.00 bits per heavy atom. The third kappa shape index (κ3) is 4.55. The zero-order valence-corrected chi connectivity index (χ0v) is 10.1. The van der Waals surface area contributed by atoms with E-state index in [0.717, 1.165) is 4.90 Å². The van der Waals surface area contributed by atoms with E-state index in [0.29, 0.717) is 0 Å². The maximum Gasteiger partial charge on any atom is 0.410 e. The number of hydrogen-bond acceptors (Lipinski definition) is 3. The van der Waals surface area contributed by atoms with Crippen molar-refractivity contribution in [3.05, 3.63) is 0 Å². The minimum atomic E-state index is -3.08. The van der Waals surface area contributed by atoms with Crippen LogP contribution in [-0.2, 0) is 9.53 Å². The van der Waals surface area contributed by atoms with Gasteiger partial charge in [-0.25, -0.2) is 13.6 Å². The topological polar surface area (TPSA) is 46.6 Å². The molecule has 0 aromatic carbocycles. The minimum Gasteiger partial charge on any atom is -0.444 e. The fraction of sp³-hybridized carbons (Fsp3) is 0.800. The van der Waals surface area contributed by atoms with Gasteiger partial charge in [-0.2, -0.15) is 0 Å². The summed E-state index contributed by atoms with van der Waals surface area (Å²) < 4.78 is 29.2. The van der Waals surface area contributed by atoms with Gasteiger partial charge in [-0.05, 0) is 27.7 Å². The molecular weight excluding hydrogens is 220 g/mol. The van der Waals surface area contributed by atoms with Crippen molar-refractivity contribution in [1.29, 1.82) is 0 Å². The van der Waals surface area contributed by atoms with Crippen LogP contribution in [0.1, 0.15) is 27.7 Å². The highest BCUT2D eigenvalue weighted by Crippen LogP contribution is 2.12. The average Bonchev–Trinajstić information content (AvgIpc) is 2.11. The average molecular weight is 237 g/mol. The molecule has 16 heavy (non-hydrogen) atoms. The van der Waals surface area contributed by atoms with Crippen molar-refractivity contribution < 1.29 is 23.1 Å². The molecule has 0 aliphatic carbocycles. The molecule has 6 heteroatoms. The fourth-order valence-corrected chi connectivity index (χ4v) is 0.865. The number of alkyl halides is 2. The molecule has 0 rings (SSSR count). The van der Waals surface area contributed by atoms with Crippen LogP contribution < -0.4 is 0 Å². The lowest BCUT2D eigenvalue weighted by Crippen LogP contribution is -2.45. The molecule has 0 saturated carbocycles. The second-order valence-electron chi connectivity index (χ2n) is 4.47. The van der Waals surface area contributed by atoms with E-state index in [-0.39, 0.29) is 0 Å². The monoisotopic (exact) mass is 237 g/mol. The van der Waals surface area contributed by atoms with Gasteiger partial charge in [0.05, 0.1) is 6.04 Å². The first-order valence-electron chi connectivity index (χ1n) is 4.84. The molecular formula is C10H17F2NO3. The fourth-order valence-electron chi connectivity index (χ4n) is 0.865. The summed E-state index contributed by atoms with van der Waals surface area (Å²) in [6.45, 7) is 6.19. The summed E-state index contributed by atoms with van der Waals surface area (Å²) >= 11 is 0. The van der Waals surface area contributed by atoms with Crippen LogP contribution in [0.5, 0.6) is 0 Å². The molecule has 0 aromatic rings. The molecule has 1 atom stereocenters. The molecule has 0 bridgehead atoms. The Labute approximate surface area is 93.6 Å². The van der Waals surface area contributed by atoms with Crippen LogP contribution in [0.15, 0.2) is 0 Å². The Morgan fingerprint density at radius 1 is 1.25 bits per heavy atom. The molecule has 0 N–H and O–H groups in total. The van der Waals surface area contributed by atoms with Crippen molar-refractivity contribution in [2.45, 2.75) is 45.8 Å². The SMILES string of the molecule is CC(C(=O)C(F)F)N(C)C(=O)OC(C)(C)C. The molecule has 4 nitrogen and oxygen atoms in total. The number of likely N-dealkylation sites (N-methyl/N-ethyl adjacent to an activating group) is 1. The van der Waals surface area contributed by atoms with Crippen molar-refractivity contribution in [1.82, 2.24) is 4.90 Å². The first-order chi connectivity index (χ1) is 7.06. The van der Waals surface area contributed by atoms with E-state index in [2.05, 4.69) is 0 Å². The molecule has 0 heterocycles. The Bertz CT molecular complexity index is 274. The van der Waals surface area contributed by atoms with E-state index in [1.165, 1.54) is 14.0 Å². The van der Waals surface area contributed by atoms with Gasteiger partial charge in [0.15, 0.2) is 0 Å². The Kier molecular flexibility index (Phi) is 4.83. The van der Waals surface area contributed by atoms with Crippen LogP contribution in [0.2, 0.25) is 0 Å². The van der Waals surface area contributed by atoms with Gasteiger partial charge in [0, 0.05) is 7.05 Å². The maximum absolute atomic E-state index is 12.1. The van der Waals surface area contributed by atoms with Crippen LogP contribution in [0.4, 0.5) is 13.6 Å². The summed E-state index contributed by atoms with van der Waals surface area (Å²) in [5.41, 5.74) is -0.723. The van der Waals surface area contributed by atoms with Crippen molar-refractivity contribution >= 4 is 11.9 Å². The van der Waals surface area contributed by atoms with Gasteiger partial charge >= 0.3 is 6.09 Å². The van der Waals surface area contributed by atoms with Gasteiger partial charge in [-0.1, -0.05) is 0 Å². The lowest BCUT2D eigenvalue weighted by atomic mass is 10.2. The minimum absolute atomic E-state index is 0.723. The standard InChI is InChI=1S/C10H17F2NO3/c1-6(7(14)8(11)12)13(5)9(15)16-10(2,3)4/h6,8H,1-5H3. The lowest BCUT2D eigenvalue weighted by molar-refractivity contribution is -0.133. The molecule has 0 fully saturated rings. The Balaban J connectivity index is 4.50. The second-order valence-corrected chi connectivity index (χ2v) is 4.47. The third-order valence-electron chi connectivity index (χ3n) is 1.89. The van der Waals surface area contributed by atoms with Crippen molar-refractivity contribution in [2.75, 3.05) is 7.05 Å². The van der Waals surface area contributed by atoms with Crippen molar-refractivity contribution in [3.8, 4) is 0 Å². The maximum atomic E-state index is 12.1. The summed E-state index contributed by atoms with van der Waals surface area (Å²) in [7, 11) is 1.25. The Hall–Kier alpha value is -1.20. The number of rotatable bonds is 3. The number of ketones is 1. The second kappa shape index (κ2) is 5.23. The highest BCUT2D eigenvalue weighted by molar-refractivity contribution is 5.89.